The third-order valence-corrected chi connectivity index (χ3v) is 2.94. The molecule has 1 N–H and O–H groups in total. The Morgan fingerprint density at radius 1 is 0.941 bits per heavy atom. The first-order valence-electron chi connectivity index (χ1n) is 4.33. The summed E-state index contributed by atoms with van der Waals surface area (Å²) < 4.78 is 31.0. The summed E-state index contributed by atoms with van der Waals surface area (Å²) in [6, 6.07) is 11.8. The van der Waals surface area contributed by atoms with Crippen LogP contribution in [0.4, 0.5) is 0 Å². The maximum absolute atomic E-state index is 11.0. The summed E-state index contributed by atoms with van der Waals surface area (Å²) in [6.07, 6.45) is 0. The van der Waals surface area contributed by atoms with Crippen LogP contribution in [-0.2, 0) is 14.9 Å². The van der Waals surface area contributed by atoms with Crippen LogP contribution < -0.4 is 0 Å². The third kappa shape index (κ3) is 4.25. The summed E-state index contributed by atoms with van der Waals surface area (Å²) in [5, 5.41) is 1.33. The van der Waals surface area contributed by atoms with Crippen LogP contribution in [0.2, 0.25) is 0 Å². The summed E-state index contributed by atoms with van der Waals surface area (Å²) in [7, 11) is -4.13. The van der Waals surface area contributed by atoms with E-state index in [4.69, 9.17) is 9.35 Å². The first kappa shape index (κ1) is 16.9. The Hall–Kier alpha value is -0.0836. The molecule has 0 saturated heterocycles. The second-order valence-corrected chi connectivity index (χ2v) is 4.34. The van der Waals surface area contributed by atoms with Crippen molar-refractivity contribution < 1.29 is 17.8 Å². The first-order valence-corrected chi connectivity index (χ1v) is 5.77. The summed E-state index contributed by atoms with van der Waals surface area (Å²) >= 11 is 0. The van der Waals surface area contributed by atoms with E-state index in [9.17, 15) is 8.42 Å². The van der Waals surface area contributed by atoms with Crippen molar-refractivity contribution in [3.63, 3.8) is 0 Å². The molecule has 6 heteroatoms. The van der Waals surface area contributed by atoms with Gasteiger partial charge in [0.25, 0.3) is 10.1 Å². The van der Waals surface area contributed by atoms with Crippen LogP contribution in [0.1, 0.15) is 0 Å². The average molecular weight is 278 g/mol. The first-order chi connectivity index (χ1) is 7.59. The minimum atomic E-state index is -4.13. The summed E-state index contributed by atoms with van der Waals surface area (Å²) in [5.41, 5.74) is 0. The zero-order valence-corrected chi connectivity index (χ0v) is 9.15. The number of rotatable bonds is 1. The zero-order chi connectivity index (χ0) is 12.2. The van der Waals surface area contributed by atoms with Gasteiger partial charge in [0.15, 0.2) is 0 Å². The van der Waals surface area contributed by atoms with E-state index in [0.717, 1.165) is 5.39 Å². The number of hydrogen-bond acceptors (Lipinski definition) is 3. The van der Waals surface area contributed by atoms with Crippen LogP contribution in [0.15, 0.2) is 47.4 Å². The predicted molar refractivity (Wildman–Crippen MR) is 68.0 cm³/mol. The van der Waals surface area contributed by atoms with Gasteiger partial charge in [0.05, 0.1) is 0 Å². The van der Waals surface area contributed by atoms with Gasteiger partial charge >= 0.3 is 51.4 Å². The van der Waals surface area contributed by atoms with Gasteiger partial charge in [-0.3, -0.25) is 4.55 Å². The Morgan fingerprint density at radius 3 is 2.06 bits per heavy atom. The van der Waals surface area contributed by atoms with E-state index in [1.807, 2.05) is 12.9 Å². The van der Waals surface area contributed by atoms with Gasteiger partial charge in [-0.25, -0.2) is 0 Å². The molecule has 0 aromatic heterocycles. The molecular formula is C11H11KO4S. The van der Waals surface area contributed by atoms with Crippen molar-refractivity contribution in [2.45, 2.75) is 4.90 Å². The Morgan fingerprint density at radius 2 is 1.47 bits per heavy atom. The molecule has 0 aliphatic rings. The second kappa shape index (κ2) is 7.37. The fraction of sp³-hybridized carbons (Fsp3) is 0. The molecular weight excluding hydrogens is 267 g/mol. The van der Waals surface area contributed by atoms with Crippen LogP contribution in [-0.4, -0.2) is 71.1 Å². The van der Waals surface area contributed by atoms with Gasteiger partial charge in [-0.05, 0) is 11.5 Å². The van der Waals surface area contributed by atoms with E-state index in [2.05, 4.69) is 0 Å². The van der Waals surface area contributed by atoms with Crippen LogP contribution in [0.25, 0.3) is 10.8 Å². The van der Waals surface area contributed by atoms with E-state index in [-0.39, 0.29) is 56.3 Å². The maximum atomic E-state index is 11.0. The molecule has 4 nitrogen and oxygen atoms in total. The van der Waals surface area contributed by atoms with Crippen molar-refractivity contribution in [2.24, 2.45) is 0 Å². The van der Waals surface area contributed by atoms with Crippen molar-refractivity contribution >= 4 is 79.1 Å². The fourth-order valence-corrected chi connectivity index (χ4v) is 2.13. The fourth-order valence-electron chi connectivity index (χ4n) is 1.42. The average Bonchev–Trinajstić information content (AvgIpc) is 2.30. The number of fused-ring (bicyclic) bond motifs is 1. The number of benzene rings is 2. The molecule has 0 bridgehead atoms. The Kier molecular flexibility index (Phi) is 7.34. The van der Waals surface area contributed by atoms with E-state index >= 15 is 0 Å². The van der Waals surface area contributed by atoms with Crippen LogP contribution in [0, 0.1) is 0 Å². The molecule has 0 unspecified atom stereocenters. The van der Waals surface area contributed by atoms with Gasteiger partial charge in [0.2, 0.25) is 0 Å². The molecule has 17 heavy (non-hydrogen) atoms. The van der Waals surface area contributed by atoms with Crippen molar-refractivity contribution in [3.05, 3.63) is 42.5 Å². The van der Waals surface area contributed by atoms with Gasteiger partial charge in [0.1, 0.15) is 11.7 Å². The van der Waals surface area contributed by atoms with Gasteiger partial charge in [-0.2, -0.15) is 8.42 Å². The van der Waals surface area contributed by atoms with Gasteiger partial charge in [0, 0.05) is 5.39 Å². The quantitative estimate of drug-likeness (QED) is 0.629. The standard InChI is InChI=1S/C10H8O3S.CH2O.K.H/c11-14(12,13)10-7-3-5-8-4-1-2-6-9(8)10;1-2;;/h1-7H,(H,11,12,13);1H2;;. The molecule has 86 valence electrons. The molecule has 0 aliphatic carbocycles. The summed E-state index contributed by atoms with van der Waals surface area (Å²) in [5.74, 6) is 0. The summed E-state index contributed by atoms with van der Waals surface area (Å²) in [4.78, 5) is 7.95. The molecule has 2 aromatic carbocycles. The molecule has 0 radical (unpaired) electrons. The van der Waals surface area contributed by atoms with Gasteiger partial charge in [-0.1, -0.05) is 36.4 Å². The van der Waals surface area contributed by atoms with Crippen molar-refractivity contribution in [2.75, 3.05) is 0 Å². The van der Waals surface area contributed by atoms with Crippen molar-refractivity contribution in [1.82, 2.24) is 0 Å². The minimum absolute atomic E-state index is 0. The Labute approximate surface area is 142 Å². The number of carbonyl (C=O) groups is 1. The number of carbonyl (C=O) groups excluding carboxylic acids is 1. The number of hydrogen-bond donors (Lipinski definition) is 1. The van der Waals surface area contributed by atoms with Crippen LogP contribution in [0.3, 0.4) is 0 Å². The van der Waals surface area contributed by atoms with E-state index in [0.29, 0.717) is 5.39 Å². The van der Waals surface area contributed by atoms with E-state index < -0.39 is 10.1 Å². The van der Waals surface area contributed by atoms with E-state index in [1.54, 1.807) is 30.3 Å². The normalized spacial score (nSPS) is 9.94. The molecule has 0 fully saturated rings. The van der Waals surface area contributed by atoms with Crippen molar-refractivity contribution in [1.29, 1.82) is 0 Å². The molecule has 2 aromatic rings. The topological polar surface area (TPSA) is 71.4 Å². The van der Waals surface area contributed by atoms with Crippen LogP contribution >= 0.6 is 0 Å². The molecule has 0 heterocycles. The van der Waals surface area contributed by atoms with Gasteiger partial charge < -0.3 is 4.79 Å². The molecule has 0 saturated carbocycles. The van der Waals surface area contributed by atoms with Gasteiger partial charge in [-0.15, -0.1) is 0 Å². The molecule has 2 rings (SSSR count). The Bertz CT molecular complexity index is 590. The van der Waals surface area contributed by atoms with Crippen molar-refractivity contribution in [3.8, 4) is 0 Å². The molecule has 0 aliphatic heterocycles. The molecule has 0 atom stereocenters. The zero-order valence-electron chi connectivity index (χ0n) is 8.33. The monoisotopic (exact) mass is 278 g/mol. The SMILES string of the molecule is C=O.O=S(=O)(O)c1cccc2ccccc12.[KH]. The second-order valence-electron chi connectivity index (χ2n) is 2.95. The predicted octanol–water partition coefficient (Wildman–Crippen LogP) is 1.25. The third-order valence-electron chi connectivity index (χ3n) is 2.03. The summed E-state index contributed by atoms with van der Waals surface area (Å²) in [6.45, 7) is 2.00. The van der Waals surface area contributed by atoms with Crippen LogP contribution in [0.5, 0.6) is 0 Å². The molecule has 0 spiro atoms. The molecule has 0 amide bonds. The Balaban J connectivity index is 0.000000811. The van der Waals surface area contributed by atoms with E-state index in [1.165, 1.54) is 6.07 Å².